The van der Waals surface area contributed by atoms with Gasteiger partial charge in [-0.05, 0) is 94.8 Å². The third-order valence-electron chi connectivity index (χ3n) is 18.1. The van der Waals surface area contributed by atoms with Gasteiger partial charge in [-0.2, -0.15) is 43.5 Å². The summed E-state index contributed by atoms with van der Waals surface area (Å²) in [6.45, 7) is 3.96. The Kier molecular flexibility index (Phi) is 13.5. The molecule has 26 heteroatoms. The topological polar surface area (TPSA) is 227 Å². The number of carbonyl (C=O) groups excluding carboxylic acids is 7. The number of halogens is 8. The number of hydrogen-bond acceptors (Lipinski definition) is 17. The number of carbonyl (C=O) groups is 7. The molecule has 3 aliphatic heterocycles. The average Bonchev–Trinajstić information content (AvgIpc) is 4.17. The van der Waals surface area contributed by atoms with Crippen molar-refractivity contribution in [3.8, 4) is 0 Å². The van der Waals surface area contributed by atoms with Crippen molar-refractivity contribution in [1.82, 2.24) is 0 Å². The van der Waals surface area contributed by atoms with Crippen molar-refractivity contribution in [3.63, 3.8) is 0 Å². The molecule has 0 spiro atoms. The molecule has 0 radical (unpaired) electrons. The lowest BCUT2D eigenvalue weighted by Crippen LogP contribution is -2.59. The van der Waals surface area contributed by atoms with Crippen LogP contribution in [0.2, 0.25) is 0 Å². The van der Waals surface area contributed by atoms with Gasteiger partial charge in [-0.15, -0.1) is 0 Å². The lowest BCUT2D eigenvalue weighted by Gasteiger charge is -2.59. The van der Waals surface area contributed by atoms with E-state index in [0.717, 1.165) is 51.0 Å². The summed E-state index contributed by atoms with van der Waals surface area (Å²) >= 11 is 0. The van der Waals surface area contributed by atoms with Gasteiger partial charge in [-0.25, -0.2) is 19.2 Å². The molecule has 10 bridgehead atoms. The van der Waals surface area contributed by atoms with Crippen LogP contribution in [0.5, 0.6) is 0 Å². The quantitative estimate of drug-likeness (QED) is 0.116. The Bertz CT molecular complexity index is 2400. The monoisotopic (exact) mass is 1090 g/mol. The highest BCUT2D eigenvalue weighted by molar-refractivity contribution is 7.87. The van der Waals surface area contributed by atoms with E-state index in [1.165, 1.54) is 6.42 Å². The van der Waals surface area contributed by atoms with Crippen LogP contribution in [0.4, 0.5) is 35.1 Å². The van der Waals surface area contributed by atoms with Gasteiger partial charge in [0.2, 0.25) is 0 Å². The highest BCUT2D eigenvalue weighted by Gasteiger charge is 2.72. The summed E-state index contributed by atoms with van der Waals surface area (Å²) in [4.78, 5) is 81.4. The first-order valence-electron chi connectivity index (χ1n) is 24.9. The molecule has 16 atom stereocenters. The van der Waals surface area contributed by atoms with Crippen molar-refractivity contribution in [2.45, 2.75) is 170 Å². The van der Waals surface area contributed by atoms with Crippen LogP contribution >= 0.6 is 0 Å². The first kappa shape index (κ1) is 54.4. The van der Waals surface area contributed by atoms with E-state index in [0.29, 0.717) is 65.2 Å². The molecule has 3 heterocycles. The fraction of sp³-hybridized carbons (Fsp3) is 0.854. The molecule has 10 aliphatic carbocycles. The Morgan fingerprint density at radius 2 is 1.01 bits per heavy atom. The van der Waals surface area contributed by atoms with E-state index in [1.807, 2.05) is 6.92 Å². The van der Waals surface area contributed by atoms with E-state index < -0.39 is 135 Å². The molecule has 16 unspecified atom stereocenters. The van der Waals surface area contributed by atoms with Crippen molar-refractivity contribution in [2.75, 3.05) is 7.11 Å². The molecule has 0 amide bonds. The van der Waals surface area contributed by atoms with Crippen LogP contribution in [-0.2, 0) is 81.0 Å². The van der Waals surface area contributed by atoms with Crippen molar-refractivity contribution >= 4 is 51.9 Å². The van der Waals surface area contributed by atoms with Crippen LogP contribution in [0, 0.1) is 76.9 Å². The average molecular weight is 1090 g/mol. The number of rotatable bonds is 9. The maximum atomic E-state index is 13.5. The third-order valence-corrected chi connectivity index (χ3v) is 19.8. The molecule has 0 N–H and O–H groups in total. The summed E-state index contributed by atoms with van der Waals surface area (Å²) in [7, 11) is -2.70. The van der Waals surface area contributed by atoms with Gasteiger partial charge >= 0.3 is 65.5 Å². The van der Waals surface area contributed by atoms with E-state index in [4.69, 9.17) is 32.6 Å². The Labute approximate surface area is 419 Å². The minimum absolute atomic E-state index is 0.00671. The standard InChI is InChI=1S/C23H28F2O6.C11H12F2O4.C10H12F2O5S.C4H6F2O2/c1-22(11-4-9-3-10(6-11)7-12(22)5-9)31-20(27)16-14-8-13-15(16)19(26)29-17(13)18(14)30-21(28)23(2,24)25;1-11(12,13)10(15)17-7-4-2-5-6(3-4)9(14)16-8(5)7;1-10(11,12)9(13)16-7-4-2-5-6(3-4)18(14,15)17-8(5)7;1-4(5,6)3(7)8-2/h9-18H,3-8H2,1-2H3;4-8H,2-3H2,1H3;4-8H,2-3H2,1H3;1-2H3. The van der Waals surface area contributed by atoms with Gasteiger partial charge in [0.05, 0.1) is 30.1 Å². The zero-order valence-electron chi connectivity index (χ0n) is 41.0. The van der Waals surface area contributed by atoms with Gasteiger partial charge in [0.25, 0.3) is 10.1 Å². The Balaban J connectivity index is 0.000000134. The van der Waals surface area contributed by atoms with Crippen LogP contribution in [0.3, 0.4) is 0 Å². The van der Waals surface area contributed by atoms with Crippen molar-refractivity contribution in [2.24, 2.45) is 76.9 Å². The second-order valence-corrected chi connectivity index (χ2v) is 24.8. The minimum Gasteiger partial charge on any atom is -0.465 e. The fourth-order valence-corrected chi connectivity index (χ4v) is 16.9. The number of alkyl halides is 8. The Morgan fingerprint density at radius 3 is 1.51 bits per heavy atom. The molecule has 0 aromatic heterocycles. The van der Waals surface area contributed by atoms with Crippen molar-refractivity contribution in [3.05, 3.63) is 0 Å². The molecule has 13 fully saturated rings. The second kappa shape index (κ2) is 18.4. The fourth-order valence-electron chi connectivity index (χ4n) is 15.0. The van der Waals surface area contributed by atoms with E-state index >= 15 is 0 Å². The number of hydrogen-bond donors (Lipinski definition) is 0. The van der Waals surface area contributed by atoms with E-state index in [9.17, 15) is 77.1 Å². The molecule has 3 saturated heterocycles. The maximum absolute atomic E-state index is 13.5. The summed E-state index contributed by atoms with van der Waals surface area (Å²) in [6.07, 6.45) is 3.67. The molecule has 0 aromatic rings. The second-order valence-electron chi connectivity index (χ2n) is 23.0. The molecule has 74 heavy (non-hydrogen) atoms. The summed E-state index contributed by atoms with van der Waals surface area (Å²) in [5, 5.41) is -0.551. The highest BCUT2D eigenvalue weighted by Crippen LogP contribution is 2.63. The normalized spacial score (nSPS) is 43.2. The van der Waals surface area contributed by atoms with Gasteiger partial charge in [0.15, 0.2) is 0 Å². The largest absolute Gasteiger partial charge is 0.465 e. The first-order chi connectivity index (χ1) is 34.1. The van der Waals surface area contributed by atoms with E-state index in [2.05, 4.69) is 4.74 Å². The van der Waals surface area contributed by atoms with Gasteiger partial charge in [-0.3, -0.25) is 18.6 Å². The van der Waals surface area contributed by atoms with Crippen LogP contribution in [0.25, 0.3) is 0 Å². The minimum atomic E-state index is -3.65. The van der Waals surface area contributed by atoms with Gasteiger partial charge < -0.3 is 33.2 Å². The molecule has 10 saturated carbocycles. The molecular formula is C48H58F8O17S. The highest BCUT2D eigenvalue weighted by atomic mass is 32.2. The molecule has 0 aromatic carbocycles. The summed E-state index contributed by atoms with van der Waals surface area (Å²) < 4.78 is 164. The summed E-state index contributed by atoms with van der Waals surface area (Å²) in [5.74, 6) is -22.2. The van der Waals surface area contributed by atoms with E-state index in [1.54, 1.807) is 0 Å². The zero-order chi connectivity index (χ0) is 54.3. The van der Waals surface area contributed by atoms with Gasteiger partial charge in [0, 0.05) is 63.2 Å². The van der Waals surface area contributed by atoms with Crippen molar-refractivity contribution < 1.29 is 114 Å². The van der Waals surface area contributed by atoms with E-state index in [-0.39, 0.29) is 41.5 Å². The Hall–Kier alpha value is -4.36. The molecule has 17 nitrogen and oxygen atoms in total. The predicted molar refractivity (Wildman–Crippen MR) is 228 cm³/mol. The maximum Gasteiger partial charge on any atom is 0.377 e. The van der Waals surface area contributed by atoms with Gasteiger partial charge in [0.1, 0.15) is 42.2 Å². The summed E-state index contributed by atoms with van der Waals surface area (Å²) in [5.41, 5.74) is -0.545. The SMILES string of the molecule is CC(F)(F)C(=O)OC1C2CC3C(=O)OC1C3C2.CC(F)(F)C(=O)OC1C2CC3C1OC(=O)C3C2C(=O)OC1(C)C2CC3CC(C2)CC1C3.CC(F)(F)C(=O)OC1C2CC3C1OS(=O)(=O)C3C2.COC(=O)C(C)(F)F. The lowest BCUT2D eigenvalue weighted by molar-refractivity contribution is -0.212. The molecule has 13 aliphatic rings. The number of fused-ring (bicyclic) bond motifs is 3. The number of esters is 7. The molecule has 13 rings (SSSR count). The van der Waals surface area contributed by atoms with Crippen LogP contribution in [-0.4, -0.2) is 128 Å². The predicted octanol–water partition coefficient (Wildman–Crippen LogP) is 5.76. The summed E-state index contributed by atoms with van der Waals surface area (Å²) in [6, 6.07) is 0. The molecule has 414 valence electrons. The Morgan fingerprint density at radius 1 is 0.554 bits per heavy atom. The van der Waals surface area contributed by atoms with Crippen LogP contribution < -0.4 is 0 Å². The van der Waals surface area contributed by atoms with Gasteiger partial charge in [-0.1, -0.05) is 0 Å². The first-order valence-corrected chi connectivity index (χ1v) is 26.4. The third kappa shape index (κ3) is 9.52. The lowest BCUT2D eigenvalue weighted by atomic mass is 9.50. The number of ether oxygens (including phenoxy) is 7. The van der Waals surface area contributed by atoms with Crippen molar-refractivity contribution in [1.29, 1.82) is 0 Å². The van der Waals surface area contributed by atoms with Crippen LogP contribution in [0.1, 0.15) is 98.8 Å². The smallest absolute Gasteiger partial charge is 0.377 e. The zero-order valence-corrected chi connectivity index (χ0v) is 41.8. The number of methoxy groups -OCH3 is 1. The van der Waals surface area contributed by atoms with Crippen LogP contribution in [0.15, 0.2) is 0 Å². The molecular weight excluding hydrogens is 1030 g/mol.